The number of hydrogen-bond donors (Lipinski definition) is 0. The molecule has 0 bridgehead atoms. The van der Waals surface area contributed by atoms with Crippen molar-refractivity contribution in [3.63, 3.8) is 0 Å². The van der Waals surface area contributed by atoms with Crippen molar-refractivity contribution in [3.05, 3.63) is 57.1 Å². The maximum Gasteiger partial charge on any atom is 0.271 e. The second-order valence-corrected chi connectivity index (χ2v) is 6.91. The van der Waals surface area contributed by atoms with Crippen molar-refractivity contribution in [1.82, 2.24) is 0 Å². The van der Waals surface area contributed by atoms with Gasteiger partial charge >= 0.3 is 0 Å². The van der Waals surface area contributed by atoms with Crippen LogP contribution in [0.1, 0.15) is 30.9 Å². The fourth-order valence-corrected chi connectivity index (χ4v) is 3.91. The van der Waals surface area contributed by atoms with Crippen LogP contribution in [-0.2, 0) is 0 Å². The van der Waals surface area contributed by atoms with Crippen molar-refractivity contribution < 1.29 is 14.4 Å². The average Bonchev–Trinajstić information content (AvgIpc) is 2.99. The molecular weight excluding hydrogens is 356 g/mol. The van der Waals surface area contributed by atoms with E-state index in [1.54, 1.807) is 6.07 Å². The van der Waals surface area contributed by atoms with Gasteiger partial charge in [-0.2, -0.15) is 0 Å². The number of halogens is 1. The molecule has 2 aromatic carbocycles. The number of anilines is 1. The predicted octanol–water partition coefficient (Wildman–Crippen LogP) is 4.75. The Morgan fingerprint density at radius 2 is 1.88 bits per heavy atom. The Bertz CT molecular complexity index is 842. The minimum absolute atomic E-state index is 0.00470. The number of ether oxygens (including phenoxy) is 2. The third kappa shape index (κ3) is 3.17. The van der Waals surface area contributed by atoms with Crippen LogP contribution in [0.5, 0.6) is 11.5 Å². The van der Waals surface area contributed by atoms with Gasteiger partial charge in [-0.3, -0.25) is 10.1 Å². The molecular formula is C19H19ClN2O4. The van der Waals surface area contributed by atoms with E-state index in [0.29, 0.717) is 18.2 Å². The molecule has 26 heavy (non-hydrogen) atoms. The molecule has 0 radical (unpaired) electrons. The molecule has 0 N–H and O–H groups in total. The van der Waals surface area contributed by atoms with E-state index in [4.69, 9.17) is 21.1 Å². The van der Waals surface area contributed by atoms with Crippen LogP contribution in [0, 0.1) is 10.1 Å². The Morgan fingerprint density at radius 1 is 1.08 bits per heavy atom. The quantitative estimate of drug-likeness (QED) is 0.573. The summed E-state index contributed by atoms with van der Waals surface area (Å²) in [7, 11) is 0. The summed E-state index contributed by atoms with van der Waals surface area (Å²) in [5, 5.41) is 11.3. The van der Waals surface area contributed by atoms with Crippen molar-refractivity contribution in [1.29, 1.82) is 0 Å². The molecule has 1 unspecified atom stereocenters. The largest absolute Gasteiger partial charge is 0.490 e. The molecule has 6 nitrogen and oxygen atoms in total. The minimum atomic E-state index is -0.430. The topological polar surface area (TPSA) is 64.8 Å². The summed E-state index contributed by atoms with van der Waals surface area (Å²) in [5.41, 5.74) is 1.97. The van der Waals surface area contributed by atoms with Gasteiger partial charge in [0.2, 0.25) is 0 Å². The zero-order valence-corrected chi connectivity index (χ0v) is 14.9. The predicted molar refractivity (Wildman–Crippen MR) is 99.5 cm³/mol. The number of non-ortho nitro benzene ring substituents is 1. The lowest BCUT2D eigenvalue weighted by atomic mass is 10.0. The van der Waals surface area contributed by atoms with Crippen LogP contribution < -0.4 is 14.4 Å². The summed E-state index contributed by atoms with van der Waals surface area (Å²) >= 11 is 6.35. The van der Waals surface area contributed by atoms with Gasteiger partial charge < -0.3 is 14.4 Å². The van der Waals surface area contributed by atoms with Crippen molar-refractivity contribution in [2.24, 2.45) is 0 Å². The normalized spacial score (nSPS) is 19.3. The van der Waals surface area contributed by atoms with Gasteiger partial charge in [0, 0.05) is 25.1 Å². The van der Waals surface area contributed by atoms with Crippen LogP contribution in [0.3, 0.4) is 0 Å². The van der Waals surface area contributed by atoms with Crippen molar-refractivity contribution in [2.45, 2.75) is 25.3 Å². The number of hydrogen-bond acceptors (Lipinski definition) is 5. The van der Waals surface area contributed by atoms with Crippen LogP contribution in [0.25, 0.3) is 0 Å². The van der Waals surface area contributed by atoms with Crippen molar-refractivity contribution in [3.8, 4) is 11.5 Å². The molecule has 1 atom stereocenters. The molecule has 2 heterocycles. The van der Waals surface area contributed by atoms with E-state index >= 15 is 0 Å². The summed E-state index contributed by atoms with van der Waals surface area (Å²) in [5.74, 6) is 1.56. The molecule has 2 aliphatic heterocycles. The molecule has 1 saturated heterocycles. The van der Waals surface area contributed by atoms with E-state index < -0.39 is 4.92 Å². The van der Waals surface area contributed by atoms with E-state index in [1.165, 1.54) is 12.1 Å². The summed E-state index contributed by atoms with van der Waals surface area (Å²) in [6, 6.07) is 10.9. The first-order valence-electron chi connectivity index (χ1n) is 8.73. The number of nitro benzene ring substituents is 1. The van der Waals surface area contributed by atoms with Gasteiger partial charge in [0.05, 0.1) is 34.9 Å². The van der Waals surface area contributed by atoms with Gasteiger partial charge in [0.1, 0.15) is 0 Å². The van der Waals surface area contributed by atoms with E-state index in [1.807, 2.05) is 12.1 Å². The second kappa shape index (κ2) is 7.03. The fraction of sp³-hybridized carbons (Fsp3) is 0.368. The van der Waals surface area contributed by atoms with Crippen LogP contribution in [-0.4, -0.2) is 24.7 Å². The van der Waals surface area contributed by atoms with Crippen molar-refractivity contribution >= 4 is 23.0 Å². The summed E-state index contributed by atoms with van der Waals surface area (Å²) in [6.45, 7) is 2.18. The first-order valence-corrected chi connectivity index (χ1v) is 9.11. The standard InChI is InChI=1S/C19H19ClN2O4/c20-15-12-14(22(23)24)5-6-17(15)21-8-1-3-16(21)13-4-7-18-19(11-13)26-10-2-9-25-18/h4-7,11-12,16H,1-3,8-10H2. The lowest BCUT2D eigenvalue weighted by molar-refractivity contribution is -0.384. The Labute approximate surface area is 156 Å². The lowest BCUT2D eigenvalue weighted by Crippen LogP contribution is -2.22. The van der Waals surface area contributed by atoms with Gasteiger partial charge in [-0.25, -0.2) is 0 Å². The molecule has 1 fully saturated rings. The monoisotopic (exact) mass is 374 g/mol. The molecule has 0 aromatic heterocycles. The second-order valence-electron chi connectivity index (χ2n) is 6.50. The molecule has 0 saturated carbocycles. The first-order chi connectivity index (χ1) is 12.6. The van der Waals surface area contributed by atoms with Crippen LogP contribution in [0.15, 0.2) is 36.4 Å². The summed E-state index contributed by atoms with van der Waals surface area (Å²) < 4.78 is 11.5. The molecule has 4 rings (SSSR count). The molecule has 7 heteroatoms. The SMILES string of the molecule is O=[N+]([O-])c1ccc(N2CCCC2c2ccc3c(c2)OCCCO3)c(Cl)c1. The smallest absolute Gasteiger partial charge is 0.271 e. The first kappa shape index (κ1) is 17.0. The maximum atomic E-state index is 10.9. The Kier molecular flexibility index (Phi) is 4.59. The van der Waals surface area contributed by atoms with E-state index in [-0.39, 0.29) is 11.7 Å². The van der Waals surface area contributed by atoms with Gasteiger partial charge in [0.25, 0.3) is 5.69 Å². The third-order valence-electron chi connectivity index (χ3n) is 4.86. The van der Waals surface area contributed by atoms with E-state index in [9.17, 15) is 10.1 Å². The maximum absolute atomic E-state index is 10.9. The highest BCUT2D eigenvalue weighted by molar-refractivity contribution is 6.33. The van der Waals surface area contributed by atoms with Gasteiger partial charge in [-0.05, 0) is 36.6 Å². The zero-order chi connectivity index (χ0) is 18.1. The lowest BCUT2D eigenvalue weighted by Gasteiger charge is -2.28. The zero-order valence-electron chi connectivity index (χ0n) is 14.2. The number of nitrogens with zero attached hydrogens (tertiary/aromatic N) is 2. The molecule has 0 spiro atoms. The highest BCUT2D eigenvalue weighted by Crippen LogP contribution is 2.42. The summed E-state index contributed by atoms with van der Waals surface area (Å²) in [4.78, 5) is 12.7. The van der Waals surface area contributed by atoms with E-state index in [0.717, 1.165) is 48.6 Å². The molecule has 0 amide bonds. The molecule has 2 aromatic rings. The molecule has 136 valence electrons. The number of fused-ring (bicyclic) bond motifs is 1. The van der Waals surface area contributed by atoms with Gasteiger partial charge in [-0.1, -0.05) is 17.7 Å². The number of rotatable bonds is 3. The van der Waals surface area contributed by atoms with Gasteiger partial charge in [0.15, 0.2) is 11.5 Å². The number of benzene rings is 2. The van der Waals surface area contributed by atoms with E-state index in [2.05, 4.69) is 11.0 Å². The highest BCUT2D eigenvalue weighted by atomic mass is 35.5. The van der Waals surface area contributed by atoms with Crippen LogP contribution in [0.2, 0.25) is 5.02 Å². The average molecular weight is 375 g/mol. The van der Waals surface area contributed by atoms with Crippen molar-refractivity contribution in [2.75, 3.05) is 24.7 Å². The highest BCUT2D eigenvalue weighted by Gasteiger charge is 2.29. The third-order valence-corrected chi connectivity index (χ3v) is 5.16. The Morgan fingerprint density at radius 3 is 2.65 bits per heavy atom. The minimum Gasteiger partial charge on any atom is -0.490 e. The Balaban J connectivity index is 1.65. The fourth-order valence-electron chi connectivity index (χ4n) is 3.63. The molecule has 2 aliphatic rings. The Hall–Kier alpha value is -2.47. The number of nitro groups is 1. The summed E-state index contributed by atoms with van der Waals surface area (Å²) in [6.07, 6.45) is 2.90. The van der Waals surface area contributed by atoms with Crippen LogP contribution in [0.4, 0.5) is 11.4 Å². The van der Waals surface area contributed by atoms with Crippen LogP contribution >= 0.6 is 11.6 Å². The molecule has 0 aliphatic carbocycles. The van der Waals surface area contributed by atoms with Gasteiger partial charge in [-0.15, -0.1) is 0 Å².